The van der Waals surface area contributed by atoms with Crippen LogP contribution in [0.25, 0.3) is 0 Å². The summed E-state index contributed by atoms with van der Waals surface area (Å²) in [5.74, 6) is 0. The molecule has 0 N–H and O–H groups in total. The monoisotopic (exact) mass is 272 g/mol. The largest absolute Gasteiger partial charge is 0.479 e. The van der Waals surface area contributed by atoms with Gasteiger partial charge in [0.1, 0.15) is 0 Å². The van der Waals surface area contributed by atoms with E-state index in [4.69, 9.17) is 0 Å². The molecule has 0 aromatic rings. The van der Waals surface area contributed by atoms with Crippen molar-refractivity contribution in [3.05, 3.63) is 0 Å². The van der Waals surface area contributed by atoms with Crippen molar-refractivity contribution in [2.45, 2.75) is 5.51 Å². The molecule has 2 nitrogen and oxygen atoms in total. The van der Waals surface area contributed by atoms with E-state index in [0.717, 1.165) is 22.6 Å². The van der Waals surface area contributed by atoms with Gasteiger partial charge in [-0.3, -0.25) is 0 Å². The van der Waals surface area contributed by atoms with Gasteiger partial charge in [0.2, 0.25) is 0 Å². The van der Waals surface area contributed by atoms with Crippen LogP contribution < -0.4 is 0 Å². The molecule has 0 atom stereocenters. The standard InChI is InChI=1S/C2F3IO2S/c3-2(4,5)9-8-1(6)7. The molecule has 0 aliphatic rings. The van der Waals surface area contributed by atoms with Gasteiger partial charge >= 0.3 is 9.48 Å². The fraction of sp³-hybridized carbons (Fsp3) is 0.500. The Labute approximate surface area is 66.5 Å². The van der Waals surface area contributed by atoms with Crippen molar-refractivity contribution in [2.75, 3.05) is 0 Å². The first-order valence-corrected chi connectivity index (χ1v) is 3.36. The van der Waals surface area contributed by atoms with Gasteiger partial charge in [-0.15, -0.1) is 0 Å². The molecule has 0 aliphatic heterocycles. The van der Waals surface area contributed by atoms with E-state index < -0.39 is 21.5 Å². The van der Waals surface area contributed by atoms with Gasteiger partial charge in [0.05, 0.1) is 22.6 Å². The molecular formula is C2F3IO2S. The van der Waals surface area contributed by atoms with E-state index >= 15 is 0 Å². The summed E-state index contributed by atoms with van der Waals surface area (Å²) in [6, 6.07) is 0. The molecule has 54 valence electrons. The minimum atomic E-state index is -4.50. The van der Waals surface area contributed by atoms with Crippen molar-refractivity contribution in [1.82, 2.24) is 0 Å². The van der Waals surface area contributed by atoms with Crippen molar-refractivity contribution in [3.8, 4) is 0 Å². The summed E-state index contributed by atoms with van der Waals surface area (Å²) in [6.07, 6.45) is 0. The Morgan fingerprint density at radius 2 is 2.00 bits per heavy atom. The highest BCUT2D eigenvalue weighted by Gasteiger charge is 2.32. The number of alkyl halides is 3. The quantitative estimate of drug-likeness (QED) is 0.417. The van der Waals surface area contributed by atoms with Crippen LogP contribution in [0.3, 0.4) is 0 Å². The summed E-state index contributed by atoms with van der Waals surface area (Å²) in [5, 5.41) is 0. The summed E-state index contributed by atoms with van der Waals surface area (Å²) in [7, 11) is 0. The summed E-state index contributed by atoms with van der Waals surface area (Å²) in [4.78, 5) is 9.73. The molecule has 0 spiro atoms. The second-order valence-electron chi connectivity index (χ2n) is 0.850. The number of carbonyl (C=O) groups is 1. The second kappa shape index (κ2) is 3.49. The lowest BCUT2D eigenvalue weighted by molar-refractivity contribution is -0.0376. The Bertz CT molecular complexity index is 113. The maximum atomic E-state index is 11.1. The Balaban J connectivity index is 3.39. The van der Waals surface area contributed by atoms with Crippen LogP contribution in [0.5, 0.6) is 0 Å². The maximum absolute atomic E-state index is 11.1. The molecule has 9 heavy (non-hydrogen) atoms. The Morgan fingerprint density at radius 3 is 2.11 bits per heavy atom. The van der Waals surface area contributed by atoms with Gasteiger partial charge in [-0.2, -0.15) is 13.2 Å². The third-order valence-electron chi connectivity index (χ3n) is 0.202. The first-order chi connectivity index (χ1) is 3.92. The first kappa shape index (κ1) is 9.34. The van der Waals surface area contributed by atoms with Gasteiger partial charge in [0, 0.05) is 0 Å². The molecular weight excluding hydrogens is 272 g/mol. The van der Waals surface area contributed by atoms with Crippen LogP contribution in [-0.4, -0.2) is 9.48 Å². The van der Waals surface area contributed by atoms with Crippen LogP contribution in [0.2, 0.25) is 0 Å². The molecule has 0 unspecified atom stereocenters. The van der Waals surface area contributed by atoms with Crippen LogP contribution in [-0.2, 0) is 4.18 Å². The third-order valence-corrected chi connectivity index (χ3v) is 1.14. The molecule has 0 fully saturated rings. The average molecular weight is 272 g/mol. The number of carbonyl (C=O) groups excluding carboxylic acids is 1. The van der Waals surface area contributed by atoms with Crippen molar-refractivity contribution in [2.24, 2.45) is 0 Å². The normalized spacial score (nSPS) is 11.1. The molecule has 0 amide bonds. The van der Waals surface area contributed by atoms with E-state index in [2.05, 4.69) is 4.18 Å². The highest BCUT2D eigenvalue weighted by atomic mass is 127. The van der Waals surface area contributed by atoms with Gasteiger partial charge in [0.15, 0.2) is 12.0 Å². The third kappa shape index (κ3) is 8.34. The minimum Gasteiger partial charge on any atom is -0.375 e. The van der Waals surface area contributed by atoms with E-state index in [-0.39, 0.29) is 0 Å². The maximum Gasteiger partial charge on any atom is 0.479 e. The lowest BCUT2D eigenvalue weighted by Gasteiger charge is -2.00. The fourth-order valence-electron chi connectivity index (χ4n) is 0.0800. The number of halogens is 4. The van der Waals surface area contributed by atoms with Crippen LogP contribution in [0.1, 0.15) is 0 Å². The van der Waals surface area contributed by atoms with E-state index in [1.807, 2.05) is 0 Å². The van der Waals surface area contributed by atoms with E-state index in [1.54, 1.807) is 0 Å². The molecule has 0 aromatic carbocycles. The summed E-state index contributed by atoms with van der Waals surface area (Å²) < 4.78 is 35.9. The highest BCUT2D eigenvalue weighted by molar-refractivity contribution is 14.1. The van der Waals surface area contributed by atoms with Crippen molar-refractivity contribution in [1.29, 1.82) is 0 Å². The Kier molecular flexibility index (Phi) is 3.63. The zero-order valence-electron chi connectivity index (χ0n) is 3.74. The Morgan fingerprint density at radius 1 is 1.56 bits per heavy atom. The predicted octanol–water partition coefficient (Wildman–Crippen LogP) is 2.73. The molecule has 0 rings (SSSR count). The number of hydrogen-bond donors (Lipinski definition) is 0. The molecule has 0 saturated heterocycles. The molecule has 0 aromatic heterocycles. The van der Waals surface area contributed by atoms with Crippen LogP contribution in [0.15, 0.2) is 0 Å². The number of hydrogen-bond acceptors (Lipinski definition) is 3. The number of rotatable bonds is 1. The van der Waals surface area contributed by atoms with Gasteiger partial charge in [-0.05, 0) is 0 Å². The van der Waals surface area contributed by atoms with Gasteiger partial charge in [-0.25, -0.2) is 4.79 Å². The zero-order valence-corrected chi connectivity index (χ0v) is 6.71. The molecule has 0 saturated carbocycles. The summed E-state index contributed by atoms with van der Waals surface area (Å²) >= 11 is 0.285. The van der Waals surface area contributed by atoms with Crippen molar-refractivity contribution >= 4 is 38.6 Å². The predicted molar refractivity (Wildman–Crippen MR) is 34.1 cm³/mol. The highest BCUT2D eigenvalue weighted by Crippen LogP contribution is 2.31. The molecule has 0 radical (unpaired) electrons. The molecule has 0 aliphatic carbocycles. The summed E-state index contributed by atoms with van der Waals surface area (Å²) in [5.41, 5.74) is -4.50. The van der Waals surface area contributed by atoms with E-state index in [9.17, 15) is 18.0 Å². The van der Waals surface area contributed by atoms with Crippen LogP contribution in [0, 0.1) is 0 Å². The van der Waals surface area contributed by atoms with Gasteiger partial charge in [0.25, 0.3) is 0 Å². The molecule has 0 bridgehead atoms. The van der Waals surface area contributed by atoms with E-state index in [1.165, 1.54) is 0 Å². The van der Waals surface area contributed by atoms with Crippen LogP contribution in [0.4, 0.5) is 18.0 Å². The average Bonchev–Trinajstić information content (AvgIpc) is 1.59. The Hall–Kier alpha value is 0.340. The fourth-order valence-corrected chi connectivity index (χ4v) is 0.510. The van der Waals surface area contributed by atoms with E-state index in [0.29, 0.717) is 0 Å². The molecule has 0 heterocycles. The summed E-state index contributed by atoms with van der Waals surface area (Å²) in [6.45, 7) is 0. The lowest BCUT2D eigenvalue weighted by Crippen LogP contribution is -2.01. The zero-order chi connectivity index (χ0) is 7.49. The van der Waals surface area contributed by atoms with Gasteiger partial charge < -0.3 is 4.18 Å². The van der Waals surface area contributed by atoms with Crippen molar-refractivity contribution in [3.63, 3.8) is 0 Å². The SMILES string of the molecule is O=C(I)OSC(F)(F)F. The first-order valence-electron chi connectivity index (χ1n) is 1.53. The van der Waals surface area contributed by atoms with Crippen LogP contribution >= 0.6 is 34.6 Å². The smallest absolute Gasteiger partial charge is 0.375 e. The topological polar surface area (TPSA) is 26.3 Å². The minimum absolute atomic E-state index is 0.815. The second-order valence-corrected chi connectivity index (χ2v) is 2.53. The van der Waals surface area contributed by atoms with Crippen molar-refractivity contribution < 1.29 is 22.1 Å². The molecule has 7 heteroatoms. The van der Waals surface area contributed by atoms with Gasteiger partial charge in [-0.1, -0.05) is 0 Å². The lowest BCUT2D eigenvalue weighted by atomic mass is 11.6.